The lowest BCUT2D eigenvalue weighted by atomic mass is 10.0. The van der Waals surface area contributed by atoms with E-state index in [1.54, 1.807) is 10.6 Å². The smallest absolute Gasteiger partial charge is 0.240 e. The second kappa shape index (κ2) is 4.10. The molecule has 0 fully saturated rings. The van der Waals surface area contributed by atoms with Crippen LogP contribution >= 0.6 is 0 Å². The highest BCUT2D eigenvalue weighted by molar-refractivity contribution is 5.68. The van der Waals surface area contributed by atoms with Crippen molar-refractivity contribution in [2.75, 3.05) is 5.73 Å². The van der Waals surface area contributed by atoms with Crippen LogP contribution in [0.1, 0.15) is 11.1 Å². The van der Waals surface area contributed by atoms with Gasteiger partial charge in [0.15, 0.2) is 5.65 Å². The molecule has 92 valence electrons. The summed E-state index contributed by atoms with van der Waals surface area (Å²) >= 11 is 0. The summed E-state index contributed by atoms with van der Waals surface area (Å²) in [6.45, 7) is 1.96. The average molecular weight is 249 g/mol. The topological polar surface area (TPSA) is 80.0 Å². The molecule has 0 saturated carbocycles. The number of aryl methyl sites for hydroxylation is 1. The van der Waals surface area contributed by atoms with E-state index in [-0.39, 0.29) is 5.95 Å². The van der Waals surface area contributed by atoms with E-state index < -0.39 is 0 Å². The zero-order chi connectivity index (χ0) is 13.4. The molecule has 0 aliphatic heterocycles. The Hall–Kier alpha value is -2.87. The summed E-state index contributed by atoms with van der Waals surface area (Å²) < 4.78 is 1.67. The van der Waals surface area contributed by atoms with E-state index in [2.05, 4.69) is 16.2 Å². The standard InChI is InChI=1S/C14H11N5/c1-9-5-12(8-19-13(9)17-14(16)18-19)11-4-2-3-10(6-11)7-15/h2-6,8H,1H3,(H2,16,18). The number of fused-ring (bicyclic) bond motifs is 1. The zero-order valence-corrected chi connectivity index (χ0v) is 10.3. The van der Waals surface area contributed by atoms with Gasteiger partial charge in [0.05, 0.1) is 11.6 Å². The third-order valence-electron chi connectivity index (χ3n) is 2.96. The zero-order valence-electron chi connectivity index (χ0n) is 10.3. The third kappa shape index (κ3) is 1.89. The third-order valence-corrected chi connectivity index (χ3v) is 2.96. The van der Waals surface area contributed by atoms with Crippen molar-refractivity contribution in [3.8, 4) is 17.2 Å². The van der Waals surface area contributed by atoms with Gasteiger partial charge in [-0.1, -0.05) is 12.1 Å². The molecule has 5 nitrogen and oxygen atoms in total. The highest BCUT2D eigenvalue weighted by Crippen LogP contribution is 2.23. The minimum Gasteiger partial charge on any atom is -0.366 e. The number of hydrogen-bond acceptors (Lipinski definition) is 4. The Morgan fingerprint density at radius 2 is 2.11 bits per heavy atom. The van der Waals surface area contributed by atoms with Crippen molar-refractivity contribution in [3.05, 3.63) is 47.7 Å². The molecule has 0 saturated heterocycles. The molecule has 0 aliphatic rings. The maximum absolute atomic E-state index is 8.94. The number of aromatic nitrogens is 3. The van der Waals surface area contributed by atoms with E-state index in [0.29, 0.717) is 5.56 Å². The van der Waals surface area contributed by atoms with Gasteiger partial charge in [-0.25, -0.2) is 4.52 Å². The van der Waals surface area contributed by atoms with Crippen molar-refractivity contribution >= 4 is 11.6 Å². The van der Waals surface area contributed by atoms with Gasteiger partial charge in [-0.05, 0) is 36.2 Å². The fourth-order valence-corrected chi connectivity index (χ4v) is 2.09. The molecule has 0 bridgehead atoms. The fourth-order valence-electron chi connectivity index (χ4n) is 2.09. The number of nitrogens with two attached hydrogens (primary N) is 1. The molecular formula is C14H11N5. The van der Waals surface area contributed by atoms with Crippen molar-refractivity contribution in [2.45, 2.75) is 6.92 Å². The lowest BCUT2D eigenvalue weighted by Gasteiger charge is -2.04. The fraction of sp³-hybridized carbons (Fsp3) is 0.0714. The summed E-state index contributed by atoms with van der Waals surface area (Å²) in [6, 6.07) is 11.6. The highest BCUT2D eigenvalue weighted by atomic mass is 15.3. The number of benzene rings is 1. The van der Waals surface area contributed by atoms with Gasteiger partial charge in [-0.15, -0.1) is 5.10 Å². The van der Waals surface area contributed by atoms with Gasteiger partial charge in [0, 0.05) is 11.8 Å². The van der Waals surface area contributed by atoms with Crippen LogP contribution in [0.15, 0.2) is 36.5 Å². The number of anilines is 1. The van der Waals surface area contributed by atoms with Crippen LogP contribution in [0.3, 0.4) is 0 Å². The van der Waals surface area contributed by atoms with Gasteiger partial charge in [-0.3, -0.25) is 0 Å². The summed E-state index contributed by atoms with van der Waals surface area (Å²) in [5.41, 5.74) is 9.93. The SMILES string of the molecule is Cc1cc(-c2cccc(C#N)c2)cn2nc(N)nc12. The molecule has 0 radical (unpaired) electrons. The van der Waals surface area contributed by atoms with Crippen molar-refractivity contribution in [2.24, 2.45) is 0 Å². The van der Waals surface area contributed by atoms with Crippen molar-refractivity contribution in [1.29, 1.82) is 5.26 Å². The van der Waals surface area contributed by atoms with E-state index >= 15 is 0 Å². The van der Waals surface area contributed by atoms with Crippen LogP contribution in [0.5, 0.6) is 0 Å². The maximum Gasteiger partial charge on any atom is 0.240 e. The molecule has 0 atom stereocenters. The van der Waals surface area contributed by atoms with Crippen LogP contribution in [-0.4, -0.2) is 14.6 Å². The summed E-state index contributed by atoms with van der Waals surface area (Å²) in [6.07, 6.45) is 1.86. The normalized spacial score (nSPS) is 10.5. The first-order valence-corrected chi connectivity index (χ1v) is 5.80. The monoisotopic (exact) mass is 249 g/mol. The molecule has 0 aliphatic carbocycles. The molecule has 1 aromatic carbocycles. The largest absolute Gasteiger partial charge is 0.366 e. The minimum atomic E-state index is 0.256. The van der Waals surface area contributed by atoms with Crippen LogP contribution in [0, 0.1) is 18.3 Å². The Balaban J connectivity index is 2.22. The van der Waals surface area contributed by atoms with Gasteiger partial charge in [0.2, 0.25) is 5.95 Å². The number of nitriles is 1. The number of rotatable bonds is 1. The molecule has 5 heteroatoms. The number of nitrogen functional groups attached to an aromatic ring is 1. The van der Waals surface area contributed by atoms with Gasteiger partial charge < -0.3 is 5.73 Å². The van der Waals surface area contributed by atoms with Crippen molar-refractivity contribution in [3.63, 3.8) is 0 Å². The second-order valence-electron chi connectivity index (χ2n) is 4.34. The van der Waals surface area contributed by atoms with Gasteiger partial charge in [0.1, 0.15) is 0 Å². The Morgan fingerprint density at radius 3 is 2.89 bits per heavy atom. The number of hydrogen-bond donors (Lipinski definition) is 1. The highest BCUT2D eigenvalue weighted by Gasteiger charge is 2.07. The van der Waals surface area contributed by atoms with Crippen molar-refractivity contribution in [1.82, 2.24) is 14.6 Å². The molecule has 19 heavy (non-hydrogen) atoms. The Labute approximate surface area is 109 Å². The molecular weight excluding hydrogens is 238 g/mol. The predicted octanol–water partition coefficient (Wildman–Crippen LogP) is 2.16. The number of nitrogens with zero attached hydrogens (tertiary/aromatic N) is 4. The molecule has 2 heterocycles. The van der Waals surface area contributed by atoms with E-state index in [1.807, 2.05) is 37.4 Å². The van der Waals surface area contributed by atoms with Crippen LogP contribution < -0.4 is 5.73 Å². The second-order valence-corrected chi connectivity index (χ2v) is 4.34. The molecule has 0 amide bonds. The maximum atomic E-state index is 8.94. The van der Waals surface area contributed by atoms with Crippen LogP contribution in [-0.2, 0) is 0 Å². The lowest BCUT2D eigenvalue weighted by Crippen LogP contribution is -1.93. The first kappa shape index (κ1) is 11.2. The quantitative estimate of drug-likeness (QED) is 0.716. The Bertz CT molecular complexity index is 810. The summed E-state index contributed by atoms with van der Waals surface area (Å²) in [7, 11) is 0. The van der Waals surface area contributed by atoms with E-state index in [4.69, 9.17) is 11.0 Å². The molecule has 2 N–H and O–H groups in total. The van der Waals surface area contributed by atoms with E-state index in [1.165, 1.54) is 0 Å². The Kier molecular flexibility index (Phi) is 2.43. The first-order valence-electron chi connectivity index (χ1n) is 5.80. The molecule has 3 aromatic rings. The van der Waals surface area contributed by atoms with Gasteiger partial charge in [-0.2, -0.15) is 10.2 Å². The predicted molar refractivity (Wildman–Crippen MR) is 72.3 cm³/mol. The lowest BCUT2D eigenvalue weighted by molar-refractivity contribution is 0.964. The summed E-state index contributed by atoms with van der Waals surface area (Å²) in [5, 5.41) is 13.1. The van der Waals surface area contributed by atoms with Crippen LogP contribution in [0.2, 0.25) is 0 Å². The Morgan fingerprint density at radius 1 is 1.26 bits per heavy atom. The molecule has 2 aromatic heterocycles. The summed E-state index contributed by atoms with van der Waals surface area (Å²) in [5.74, 6) is 0.256. The average Bonchev–Trinajstić information content (AvgIpc) is 2.80. The minimum absolute atomic E-state index is 0.256. The number of pyridine rings is 1. The van der Waals surface area contributed by atoms with E-state index in [0.717, 1.165) is 22.3 Å². The van der Waals surface area contributed by atoms with Crippen LogP contribution in [0.4, 0.5) is 5.95 Å². The molecule has 0 unspecified atom stereocenters. The van der Waals surface area contributed by atoms with Gasteiger partial charge >= 0.3 is 0 Å². The van der Waals surface area contributed by atoms with Crippen LogP contribution in [0.25, 0.3) is 16.8 Å². The molecule has 0 spiro atoms. The summed E-state index contributed by atoms with van der Waals surface area (Å²) in [4.78, 5) is 4.16. The van der Waals surface area contributed by atoms with Gasteiger partial charge in [0.25, 0.3) is 0 Å². The molecule has 3 rings (SSSR count). The van der Waals surface area contributed by atoms with Crippen molar-refractivity contribution < 1.29 is 0 Å². The van der Waals surface area contributed by atoms with E-state index in [9.17, 15) is 0 Å². The first-order chi connectivity index (χ1) is 9.17.